The van der Waals surface area contributed by atoms with Crippen LogP contribution in [0.4, 0.5) is 0 Å². The Bertz CT molecular complexity index is 422. The van der Waals surface area contributed by atoms with Gasteiger partial charge in [0, 0.05) is 26.7 Å². The van der Waals surface area contributed by atoms with E-state index in [-0.39, 0.29) is 36.5 Å². The van der Waals surface area contributed by atoms with Gasteiger partial charge >= 0.3 is 5.97 Å². The first-order valence-corrected chi connectivity index (χ1v) is 9.63. The number of hydrogen-bond acceptors (Lipinski definition) is 4. The fraction of sp³-hybridized carbons (Fsp3) is 0.895. The lowest BCUT2D eigenvalue weighted by Crippen LogP contribution is -2.51. The van der Waals surface area contributed by atoms with Crippen molar-refractivity contribution in [3.05, 3.63) is 0 Å². The van der Waals surface area contributed by atoms with E-state index in [9.17, 15) is 9.59 Å². The molecule has 144 valence electrons. The van der Waals surface area contributed by atoms with Crippen LogP contribution >= 0.6 is 0 Å². The van der Waals surface area contributed by atoms with Gasteiger partial charge in [0.2, 0.25) is 5.91 Å². The molecule has 6 nitrogen and oxygen atoms in total. The van der Waals surface area contributed by atoms with E-state index < -0.39 is 5.97 Å². The predicted molar refractivity (Wildman–Crippen MR) is 94.3 cm³/mol. The zero-order valence-electron chi connectivity index (χ0n) is 15.5. The van der Waals surface area contributed by atoms with Crippen molar-refractivity contribution in [3.63, 3.8) is 0 Å². The Labute approximate surface area is 150 Å². The van der Waals surface area contributed by atoms with E-state index in [1.165, 1.54) is 0 Å². The highest BCUT2D eigenvalue weighted by atomic mass is 16.5. The lowest BCUT2D eigenvalue weighted by Gasteiger charge is -2.37. The minimum atomic E-state index is -0.714. The van der Waals surface area contributed by atoms with Crippen molar-refractivity contribution in [2.75, 3.05) is 14.2 Å². The van der Waals surface area contributed by atoms with Gasteiger partial charge in [-0.15, -0.1) is 0 Å². The summed E-state index contributed by atoms with van der Waals surface area (Å²) >= 11 is 0. The van der Waals surface area contributed by atoms with Gasteiger partial charge in [-0.25, -0.2) is 0 Å². The molecule has 2 rings (SSSR count). The second kappa shape index (κ2) is 10.1. The maximum atomic E-state index is 12.8. The Morgan fingerprint density at radius 2 is 1.60 bits per heavy atom. The molecule has 0 saturated heterocycles. The van der Waals surface area contributed by atoms with Crippen LogP contribution in [-0.4, -0.2) is 49.5 Å². The maximum Gasteiger partial charge on any atom is 0.303 e. The van der Waals surface area contributed by atoms with E-state index in [2.05, 4.69) is 5.32 Å². The fourth-order valence-electron chi connectivity index (χ4n) is 4.42. The van der Waals surface area contributed by atoms with Crippen LogP contribution in [0.2, 0.25) is 0 Å². The van der Waals surface area contributed by atoms with Crippen LogP contribution in [0.5, 0.6) is 0 Å². The number of aliphatic carboxylic acids is 1. The summed E-state index contributed by atoms with van der Waals surface area (Å²) < 4.78 is 11.1. The van der Waals surface area contributed by atoms with E-state index in [4.69, 9.17) is 14.6 Å². The van der Waals surface area contributed by atoms with Crippen molar-refractivity contribution < 1.29 is 24.2 Å². The lowest BCUT2D eigenvalue weighted by molar-refractivity contribution is -0.142. The summed E-state index contributed by atoms with van der Waals surface area (Å²) in [6, 6.07) is 0.222. The summed E-state index contributed by atoms with van der Waals surface area (Å²) in [5.41, 5.74) is 0. The molecule has 6 heteroatoms. The predicted octanol–water partition coefficient (Wildman–Crippen LogP) is 2.75. The van der Waals surface area contributed by atoms with Crippen LogP contribution in [0.15, 0.2) is 0 Å². The number of ether oxygens (including phenoxy) is 2. The third kappa shape index (κ3) is 5.96. The Kier molecular flexibility index (Phi) is 8.16. The average Bonchev–Trinajstić information content (AvgIpc) is 2.62. The largest absolute Gasteiger partial charge is 0.481 e. The van der Waals surface area contributed by atoms with Gasteiger partial charge in [-0.3, -0.25) is 9.59 Å². The first-order chi connectivity index (χ1) is 12.0. The number of methoxy groups -OCH3 is 2. The van der Waals surface area contributed by atoms with Crippen molar-refractivity contribution in [1.82, 2.24) is 5.32 Å². The number of amides is 1. The van der Waals surface area contributed by atoms with Gasteiger partial charge in [-0.1, -0.05) is 0 Å². The molecule has 25 heavy (non-hydrogen) atoms. The molecule has 2 aliphatic carbocycles. The summed E-state index contributed by atoms with van der Waals surface area (Å²) in [5.74, 6) is -0.278. The van der Waals surface area contributed by atoms with Gasteiger partial charge in [0.1, 0.15) is 0 Å². The second-order valence-electron chi connectivity index (χ2n) is 7.52. The zero-order valence-corrected chi connectivity index (χ0v) is 15.5. The molecule has 0 aromatic rings. The van der Waals surface area contributed by atoms with Crippen molar-refractivity contribution in [2.24, 2.45) is 11.8 Å². The van der Waals surface area contributed by atoms with Gasteiger partial charge in [0.15, 0.2) is 0 Å². The topological polar surface area (TPSA) is 84.9 Å². The minimum absolute atomic E-state index is 0.0627. The molecule has 2 saturated carbocycles. The maximum absolute atomic E-state index is 12.8. The molecule has 0 radical (unpaired) electrons. The number of carboxylic acids is 1. The molecule has 0 aromatic carbocycles. The average molecular weight is 355 g/mol. The molecule has 2 fully saturated rings. The molecule has 2 unspecified atom stereocenters. The van der Waals surface area contributed by atoms with E-state index >= 15 is 0 Å². The molecule has 2 atom stereocenters. The molecule has 0 bridgehead atoms. The fourth-order valence-corrected chi connectivity index (χ4v) is 4.42. The number of carbonyl (C=O) groups excluding carboxylic acids is 1. The van der Waals surface area contributed by atoms with E-state index in [1.807, 2.05) is 0 Å². The number of hydrogen-bond donors (Lipinski definition) is 2. The summed E-state index contributed by atoms with van der Waals surface area (Å²) in [5, 5.41) is 11.9. The van der Waals surface area contributed by atoms with Crippen LogP contribution in [0.1, 0.15) is 64.2 Å². The van der Waals surface area contributed by atoms with Crippen molar-refractivity contribution in [2.45, 2.75) is 82.5 Å². The van der Waals surface area contributed by atoms with Gasteiger partial charge in [0.25, 0.3) is 0 Å². The Hall–Kier alpha value is -1.14. The number of nitrogens with one attached hydrogen (secondary N) is 1. The number of rotatable bonds is 8. The van der Waals surface area contributed by atoms with Crippen LogP contribution in [0, 0.1) is 11.8 Å². The normalized spacial score (nSPS) is 33.0. The molecule has 1 amide bonds. The summed E-state index contributed by atoms with van der Waals surface area (Å²) in [7, 11) is 3.34. The smallest absolute Gasteiger partial charge is 0.303 e. The van der Waals surface area contributed by atoms with Crippen molar-refractivity contribution >= 4 is 11.9 Å². The zero-order chi connectivity index (χ0) is 18.2. The number of carboxylic acid groups (broad SMARTS) is 1. The molecule has 0 spiro atoms. The van der Waals surface area contributed by atoms with E-state index in [0.717, 1.165) is 57.8 Å². The summed E-state index contributed by atoms with van der Waals surface area (Å²) in [6.45, 7) is 0. The molecule has 2 N–H and O–H groups in total. The molecule has 2 aliphatic rings. The Morgan fingerprint density at radius 3 is 2.12 bits per heavy atom. The van der Waals surface area contributed by atoms with Crippen LogP contribution in [-0.2, 0) is 19.1 Å². The van der Waals surface area contributed by atoms with Gasteiger partial charge in [0.05, 0.1) is 18.1 Å². The third-order valence-corrected chi connectivity index (χ3v) is 5.88. The first-order valence-electron chi connectivity index (χ1n) is 9.63. The number of carbonyl (C=O) groups is 2. The molecule has 0 aromatic heterocycles. The molecule has 0 heterocycles. The standard InChI is InChI=1S/C19H33NO5/c1-24-15-6-4-7-16(25-2)18(15)19(23)20-14-11-9-13(10-12-14)5-3-8-17(21)22/h13-16,18H,3-12H2,1-2H3,(H,20,23)(H,21,22). The highest BCUT2D eigenvalue weighted by Crippen LogP contribution is 2.31. The highest BCUT2D eigenvalue weighted by molar-refractivity contribution is 5.80. The van der Waals surface area contributed by atoms with Crippen molar-refractivity contribution in [1.29, 1.82) is 0 Å². The van der Waals surface area contributed by atoms with Crippen LogP contribution in [0.3, 0.4) is 0 Å². The first kappa shape index (κ1) is 20.2. The SMILES string of the molecule is COC1CCCC(OC)C1C(=O)NC1CCC(CCCC(=O)O)CC1. The second-order valence-corrected chi connectivity index (χ2v) is 7.52. The Balaban J connectivity index is 1.78. The third-order valence-electron chi connectivity index (χ3n) is 5.88. The van der Waals surface area contributed by atoms with Crippen molar-refractivity contribution in [3.8, 4) is 0 Å². The summed E-state index contributed by atoms with van der Waals surface area (Å²) in [4.78, 5) is 23.4. The van der Waals surface area contributed by atoms with Gasteiger partial charge in [-0.2, -0.15) is 0 Å². The monoisotopic (exact) mass is 355 g/mol. The quantitative estimate of drug-likeness (QED) is 0.699. The van der Waals surface area contributed by atoms with Gasteiger partial charge in [-0.05, 0) is 63.7 Å². The van der Waals surface area contributed by atoms with Gasteiger partial charge < -0.3 is 19.9 Å². The molecular weight excluding hydrogens is 322 g/mol. The van der Waals surface area contributed by atoms with E-state index in [1.54, 1.807) is 14.2 Å². The highest BCUT2D eigenvalue weighted by Gasteiger charge is 2.39. The Morgan fingerprint density at radius 1 is 1.00 bits per heavy atom. The van der Waals surface area contributed by atoms with Crippen LogP contribution < -0.4 is 5.32 Å². The van der Waals surface area contributed by atoms with E-state index in [0.29, 0.717) is 5.92 Å². The minimum Gasteiger partial charge on any atom is -0.481 e. The van der Waals surface area contributed by atoms with Crippen LogP contribution in [0.25, 0.3) is 0 Å². The molecular formula is C19H33NO5. The summed E-state index contributed by atoms with van der Waals surface area (Å²) in [6.07, 6.45) is 8.80. The molecule has 0 aliphatic heterocycles. The lowest BCUT2D eigenvalue weighted by atomic mass is 9.81.